The first-order valence-corrected chi connectivity index (χ1v) is 9.57. The van der Waals surface area contributed by atoms with Crippen LogP contribution in [0.4, 0.5) is 10.1 Å². The SMILES string of the molecule is COC(=O)c1cc(F)c(C)c(NC(=O)c2cnn(-c3ccc(C)cc3)c2C(C)C)c1. The summed E-state index contributed by atoms with van der Waals surface area (Å²) < 4.78 is 20.7. The van der Waals surface area contributed by atoms with Crippen LogP contribution in [0.1, 0.15) is 57.3 Å². The highest BCUT2D eigenvalue weighted by Gasteiger charge is 2.22. The summed E-state index contributed by atoms with van der Waals surface area (Å²) in [5, 5.41) is 7.12. The lowest BCUT2D eigenvalue weighted by Crippen LogP contribution is -2.17. The highest BCUT2D eigenvalue weighted by Crippen LogP contribution is 2.26. The number of nitrogens with one attached hydrogen (secondary N) is 1. The summed E-state index contributed by atoms with van der Waals surface area (Å²) in [7, 11) is 1.22. The molecule has 0 bridgehead atoms. The van der Waals surface area contributed by atoms with E-state index in [0.717, 1.165) is 23.0 Å². The molecule has 1 heterocycles. The molecule has 0 saturated heterocycles. The van der Waals surface area contributed by atoms with Crippen LogP contribution >= 0.6 is 0 Å². The summed E-state index contributed by atoms with van der Waals surface area (Å²) in [5.74, 6) is -1.71. The van der Waals surface area contributed by atoms with Gasteiger partial charge in [0.05, 0.1) is 35.8 Å². The smallest absolute Gasteiger partial charge is 0.338 e. The molecular weight excluding hydrogens is 385 g/mol. The molecule has 0 unspecified atom stereocenters. The summed E-state index contributed by atoms with van der Waals surface area (Å²) in [5.41, 5.74) is 3.55. The standard InChI is InChI=1S/C23H24FN3O3/c1-13(2)21-18(12-25-27(21)17-8-6-14(3)7-9-17)22(28)26-20-11-16(23(29)30-5)10-19(24)15(20)4/h6-13H,1-5H3,(H,26,28). The maximum Gasteiger partial charge on any atom is 0.338 e. The Bertz CT molecular complexity index is 1100. The quantitative estimate of drug-likeness (QED) is 0.615. The van der Waals surface area contributed by atoms with Gasteiger partial charge in [-0.2, -0.15) is 5.10 Å². The molecule has 1 amide bonds. The van der Waals surface area contributed by atoms with Gasteiger partial charge in [0.25, 0.3) is 5.91 Å². The minimum atomic E-state index is -0.681. The van der Waals surface area contributed by atoms with Crippen molar-refractivity contribution in [3.8, 4) is 5.69 Å². The molecule has 0 aliphatic heterocycles. The Kier molecular flexibility index (Phi) is 6.01. The van der Waals surface area contributed by atoms with Crippen LogP contribution in [0.5, 0.6) is 0 Å². The number of hydrogen-bond donors (Lipinski definition) is 1. The van der Waals surface area contributed by atoms with E-state index in [0.29, 0.717) is 5.56 Å². The van der Waals surface area contributed by atoms with Crippen LogP contribution in [0.3, 0.4) is 0 Å². The van der Waals surface area contributed by atoms with Crippen LogP contribution in [0.15, 0.2) is 42.6 Å². The second-order valence-electron chi connectivity index (χ2n) is 7.42. The zero-order chi connectivity index (χ0) is 22.0. The number of aryl methyl sites for hydroxylation is 1. The van der Waals surface area contributed by atoms with Crippen molar-refractivity contribution >= 4 is 17.6 Å². The number of rotatable bonds is 5. The van der Waals surface area contributed by atoms with Gasteiger partial charge in [0.15, 0.2) is 0 Å². The first kappa shape index (κ1) is 21.2. The molecule has 3 rings (SSSR count). The van der Waals surface area contributed by atoms with Gasteiger partial charge in [0.1, 0.15) is 5.82 Å². The van der Waals surface area contributed by atoms with Gasteiger partial charge in [-0.05, 0) is 44.0 Å². The summed E-state index contributed by atoms with van der Waals surface area (Å²) in [4.78, 5) is 24.8. The molecule has 0 saturated carbocycles. The van der Waals surface area contributed by atoms with Crippen molar-refractivity contribution in [2.24, 2.45) is 0 Å². The highest BCUT2D eigenvalue weighted by molar-refractivity contribution is 6.06. The molecule has 0 atom stereocenters. The van der Waals surface area contributed by atoms with Crippen LogP contribution in [0, 0.1) is 19.7 Å². The number of methoxy groups -OCH3 is 1. The summed E-state index contributed by atoms with van der Waals surface area (Å²) in [6, 6.07) is 10.3. The second kappa shape index (κ2) is 8.49. The molecule has 0 spiro atoms. The zero-order valence-electron chi connectivity index (χ0n) is 17.6. The van der Waals surface area contributed by atoms with Gasteiger partial charge in [0.2, 0.25) is 0 Å². The first-order chi connectivity index (χ1) is 14.2. The summed E-state index contributed by atoms with van der Waals surface area (Å²) >= 11 is 0. The molecule has 7 heteroatoms. The molecule has 0 aliphatic rings. The number of hydrogen-bond acceptors (Lipinski definition) is 4. The predicted molar refractivity (Wildman–Crippen MR) is 113 cm³/mol. The minimum Gasteiger partial charge on any atom is -0.465 e. The maximum atomic E-state index is 14.3. The number of nitrogens with zero attached hydrogens (tertiary/aromatic N) is 2. The molecule has 6 nitrogen and oxygen atoms in total. The van der Waals surface area contributed by atoms with E-state index in [1.807, 2.05) is 45.0 Å². The molecule has 0 radical (unpaired) electrons. The number of anilines is 1. The average molecular weight is 409 g/mol. The molecule has 1 N–H and O–H groups in total. The first-order valence-electron chi connectivity index (χ1n) is 9.57. The Morgan fingerprint density at radius 1 is 1.13 bits per heavy atom. The van der Waals surface area contributed by atoms with Gasteiger partial charge in [0, 0.05) is 11.3 Å². The number of carbonyl (C=O) groups excluding carboxylic acids is 2. The summed E-state index contributed by atoms with van der Waals surface area (Å²) in [6.45, 7) is 7.48. The number of aromatic nitrogens is 2. The van der Waals surface area contributed by atoms with Gasteiger partial charge in [-0.15, -0.1) is 0 Å². The Balaban J connectivity index is 1.99. The minimum absolute atomic E-state index is 0.00814. The third kappa shape index (κ3) is 4.10. The van der Waals surface area contributed by atoms with E-state index in [-0.39, 0.29) is 22.7 Å². The zero-order valence-corrected chi connectivity index (χ0v) is 17.6. The lowest BCUT2D eigenvalue weighted by atomic mass is 10.0. The van der Waals surface area contributed by atoms with E-state index < -0.39 is 17.7 Å². The Morgan fingerprint density at radius 2 is 1.80 bits per heavy atom. The van der Waals surface area contributed by atoms with Crippen molar-refractivity contribution in [3.05, 3.63) is 76.4 Å². The van der Waals surface area contributed by atoms with Gasteiger partial charge < -0.3 is 10.1 Å². The molecule has 1 aromatic heterocycles. The van der Waals surface area contributed by atoms with E-state index in [1.54, 1.807) is 4.68 Å². The maximum absolute atomic E-state index is 14.3. The molecule has 0 aliphatic carbocycles. The topological polar surface area (TPSA) is 73.2 Å². The van der Waals surface area contributed by atoms with Crippen molar-refractivity contribution < 1.29 is 18.7 Å². The van der Waals surface area contributed by atoms with Crippen LogP contribution in [0.2, 0.25) is 0 Å². The van der Waals surface area contributed by atoms with E-state index in [9.17, 15) is 14.0 Å². The van der Waals surface area contributed by atoms with Crippen molar-refractivity contribution in [2.45, 2.75) is 33.6 Å². The van der Waals surface area contributed by atoms with Gasteiger partial charge in [-0.25, -0.2) is 13.9 Å². The summed E-state index contributed by atoms with van der Waals surface area (Å²) in [6.07, 6.45) is 1.50. The third-order valence-corrected chi connectivity index (χ3v) is 4.89. The Morgan fingerprint density at radius 3 is 2.40 bits per heavy atom. The lowest BCUT2D eigenvalue weighted by Gasteiger charge is -2.14. The normalized spacial score (nSPS) is 10.9. The Labute approximate surface area is 174 Å². The van der Waals surface area contributed by atoms with Crippen LogP contribution in [-0.2, 0) is 4.74 Å². The highest BCUT2D eigenvalue weighted by atomic mass is 19.1. The Hall–Kier alpha value is -3.48. The molecule has 156 valence electrons. The third-order valence-electron chi connectivity index (χ3n) is 4.89. The van der Waals surface area contributed by atoms with E-state index in [2.05, 4.69) is 15.2 Å². The molecule has 30 heavy (non-hydrogen) atoms. The number of benzene rings is 2. The number of carbonyl (C=O) groups is 2. The largest absolute Gasteiger partial charge is 0.465 e. The van der Waals surface area contributed by atoms with Crippen molar-refractivity contribution in [2.75, 3.05) is 12.4 Å². The number of ether oxygens (including phenoxy) is 1. The lowest BCUT2D eigenvalue weighted by molar-refractivity contribution is 0.0600. The number of esters is 1. The van der Waals surface area contributed by atoms with Crippen molar-refractivity contribution in [1.29, 1.82) is 0 Å². The average Bonchev–Trinajstić information content (AvgIpc) is 3.16. The van der Waals surface area contributed by atoms with Gasteiger partial charge >= 0.3 is 5.97 Å². The fraction of sp³-hybridized carbons (Fsp3) is 0.261. The second-order valence-corrected chi connectivity index (χ2v) is 7.42. The number of amides is 1. The molecule has 0 fully saturated rings. The van der Waals surface area contributed by atoms with E-state index in [4.69, 9.17) is 0 Å². The van der Waals surface area contributed by atoms with Crippen LogP contribution in [0.25, 0.3) is 5.69 Å². The van der Waals surface area contributed by atoms with Crippen molar-refractivity contribution in [3.63, 3.8) is 0 Å². The van der Waals surface area contributed by atoms with E-state index in [1.165, 1.54) is 26.3 Å². The van der Waals surface area contributed by atoms with Crippen LogP contribution < -0.4 is 5.32 Å². The molecular formula is C23H24FN3O3. The number of halogens is 1. The van der Waals surface area contributed by atoms with E-state index >= 15 is 0 Å². The molecule has 3 aromatic rings. The predicted octanol–water partition coefficient (Wildman–Crippen LogP) is 4.79. The van der Waals surface area contributed by atoms with Crippen LogP contribution in [-0.4, -0.2) is 28.8 Å². The fourth-order valence-corrected chi connectivity index (χ4v) is 3.21. The van der Waals surface area contributed by atoms with Gasteiger partial charge in [-0.3, -0.25) is 4.79 Å². The fourth-order valence-electron chi connectivity index (χ4n) is 3.21. The molecule has 2 aromatic carbocycles. The monoisotopic (exact) mass is 409 g/mol. The van der Waals surface area contributed by atoms with Gasteiger partial charge in [-0.1, -0.05) is 31.5 Å². The van der Waals surface area contributed by atoms with Crippen molar-refractivity contribution in [1.82, 2.24) is 9.78 Å².